The molecule has 1 saturated carbocycles. The molecule has 1 aliphatic rings. The van der Waals surface area contributed by atoms with Crippen LogP contribution in [-0.2, 0) is 4.79 Å². The number of nitrogens with zero attached hydrogens (tertiary/aromatic N) is 1. The Kier molecular flexibility index (Phi) is 5.05. The van der Waals surface area contributed by atoms with Crippen LogP contribution in [-0.4, -0.2) is 49.2 Å². The minimum Gasteiger partial charge on any atom is -0.393 e. The van der Waals surface area contributed by atoms with E-state index in [-0.39, 0.29) is 12.0 Å². The Hall–Kier alpha value is -0.610. The predicted octanol–water partition coefficient (Wildman–Crippen LogP) is 0.215. The summed E-state index contributed by atoms with van der Waals surface area (Å²) in [6, 6.07) is 0. The van der Waals surface area contributed by atoms with Gasteiger partial charge in [0.2, 0.25) is 5.91 Å². The van der Waals surface area contributed by atoms with Gasteiger partial charge in [-0.05, 0) is 38.8 Å². The molecule has 1 aliphatic carbocycles. The monoisotopic (exact) mass is 214 g/mol. The van der Waals surface area contributed by atoms with Crippen LogP contribution in [0, 0.1) is 5.92 Å². The van der Waals surface area contributed by atoms with E-state index in [9.17, 15) is 4.79 Å². The maximum Gasteiger partial charge on any atom is 0.219 e. The average molecular weight is 214 g/mol. The van der Waals surface area contributed by atoms with Gasteiger partial charge in [0.15, 0.2) is 0 Å². The third-order valence-corrected chi connectivity index (χ3v) is 3.00. The molecule has 0 atom stereocenters. The van der Waals surface area contributed by atoms with E-state index in [2.05, 4.69) is 17.3 Å². The van der Waals surface area contributed by atoms with Gasteiger partial charge in [0, 0.05) is 20.0 Å². The van der Waals surface area contributed by atoms with Crippen molar-refractivity contribution < 1.29 is 9.90 Å². The number of carbonyl (C=O) groups excluding carboxylic acids is 1. The van der Waals surface area contributed by atoms with Crippen LogP contribution in [0.25, 0.3) is 0 Å². The van der Waals surface area contributed by atoms with Crippen LogP contribution >= 0.6 is 0 Å². The molecule has 4 heteroatoms. The summed E-state index contributed by atoms with van der Waals surface area (Å²) in [6.07, 6.45) is 3.34. The lowest BCUT2D eigenvalue weighted by atomic mass is 9.82. The van der Waals surface area contributed by atoms with Crippen molar-refractivity contribution in [3.63, 3.8) is 0 Å². The third kappa shape index (κ3) is 4.62. The van der Waals surface area contributed by atoms with E-state index < -0.39 is 0 Å². The van der Waals surface area contributed by atoms with E-state index >= 15 is 0 Å². The second-order valence-electron chi connectivity index (χ2n) is 4.53. The maximum atomic E-state index is 11.0. The van der Waals surface area contributed by atoms with Crippen molar-refractivity contribution in [2.75, 3.05) is 27.2 Å². The van der Waals surface area contributed by atoms with E-state index in [0.29, 0.717) is 12.3 Å². The highest BCUT2D eigenvalue weighted by Crippen LogP contribution is 2.27. The lowest BCUT2D eigenvalue weighted by Crippen LogP contribution is -2.37. The van der Waals surface area contributed by atoms with Crippen molar-refractivity contribution in [3.8, 4) is 0 Å². The number of amides is 1. The third-order valence-electron chi connectivity index (χ3n) is 3.00. The molecule has 2 N–H and O–H groups in total. The number of nitrogens with one attached hydrogen (secondary N) is 1. The summed E-state index contributed by atoms with van der Waals surface area (Å²) in [5.74, 6) is 0.771. The van der Waals surface area contributed by atoms with Crippen LogP contribution in [0.15, 0.2) is 0 Å². The Labute approximate surface area is 91.6 Å². The van der Waals surface area contributed by atoms with E-state index in [4.69, 9.17) is 5.11 Å². The van der Waals surface area contributed by atoms with Gasteiger partial charge in [-0.2, -0.15) is 0 Å². The Morgan fingerprint density at radius 1 is 1.53 bits per heavy atom. The summed E-state index contributed by atoms with van der Waals surface area (Å²) in [5, 5.41) is 11.8. The highest BCUT2D eigenvalue weighted by Gasteiger charge is 2.27. The minimum absolute atomic E-state index is 0.0609. The van der Waals surface area contributed by atoms with Crippen molar-refractivity contribution in [3.05, 3.63) is 0 Å². The Balaban J connectivity index is 1.98. The molecule has 0 spiro atoms. The van der Waals surface area contributed by atoms with Gasteiger partial charge in [0.05, 0.1) is 6.10 Å². The van der Waals surface area contributed by atoms with Gasteiger partial charge in [-0.25, -0.2) is 0 Å². The smallest absolute Gasteiger partial charge is 0.219 e. The summed E-state index contributed by atoms with van der Waals surface area (Å²) in [6.45, 7) is 2.00. The minimum atomic E-state index is -0.0609. The SMILES string of the molecule is CNC(=O)CCCN(C)CC1CC(O)C1. The topological polar surface area (TPSA) is 52.6 Å². The summed E-state index contributed by atoms with van der Waals surface area (Å²) in [4.78, 5) is 13.2. The molecular weight excluding hydrogens is 192 g/mol. The molecule has 1 fully saturated rings. The highest BCUT2D eigenvalue weighted by molar-refractivity contribution is 5.75. The average Bonchev–Trinajstić information content (AvgIpc) is 2.15. The van der Waals surface area contributed by atoms with E-state index in [1.165, 1.54) is 0 Å². The quantitative estimate of drug-likeness (QED) is 0.665. The first-order chi connectivity index (χ1) is 7.11. The first kappa shape index (κ1) is 12.5. The molecule has 0 unspecified atom stereocenters. The zero-order chi connectivity index (χ0) is 11.3. The molecule has 0 radical (unpaired) electrons. The Bertz CT molecular complexity index is 203. The fraction of sp³-hybridized carbons (Fsp3) is 0.909. The van der Waals surface area contributed by atoms with E-state index in [1.54, 1.807) is 7.05 Å². The number of hydrogen-bond acceptors (Lipinski definition) is 3. The molecule has 0 aromatic heterocycles. The number of hydrogen-bond donors (Lipinski definition) is 2. The Morgan fingerprint density at radius 2 is 2.20 bits per heavy atom. The summed E-state index contributed by atoms with van der Waals surface area (Å²) >= 11 is 0. The van der Waals surface area contributed by atoms with Crippen LogP contribution in [0.5, 0.6) is 0 Å². The van der Waals surface area contributed by atoms with Crippen LogP contribution < -0.4 is 5.32 Å². The molecule has 0 bridgehead atoms. The number of aliphatic hydroxyl groups excluding tert-OH is 1. The Morgan fingerprint density at radius 3 is 2.73 bits per heavy atom. The molecule has 0 heterocycles. The lowest BCUT2D eigenvalue weighted by molar-refractivity contribution is -0.120. The van der Waals surface area contributed by atoms with Crippen LogP contribution in [0.2, 0.25) is 0 Å². The molecule has 0 aliphatic heterocycles. The number of carbonyl (C=O) groups is 1. The van der Waals surface area contributed by atoms with Crippen molar-refractivity contribution >= 4 is 5.91 Å². The van der Waals surface area contributed by atoms with Gasteiger partial charge in [-0.1, -0.05) is 0 Å². The zero-order valence-corrected chi connectivity index (χ0v) is 9.70. The van der Waals surface area contributed by atoms with Gasteiger partial charge < -0.3 is 15.3 Å². The van der Waals surface area contributed by atoms with Crippen LogP contribution in [0.3, 0.4) is 0 Å². The number of rotatable bonds is 6. The molecule has 1 amide bonds. The van der Waals surface area contributed by atoms with Crippen LogP contribution in [0.4, 0.5) is 0 Å². The molecular formula is C11H22N2O2. The van der Waals surface area contributed by atoms with Gasteiger partial charge in [-0.15, -0.1) is 0 Å². The summed E-state index contributed by atoms with van der Waals surface area (Å²) in [7, 11) is 3.75. The van der Waals surface area contributed by atoms with Crippen molar-refractivity contribution in [2.24, 2.45) is 5.92 Å². The maximum absolute atomic E-state index is 11.0. The van der Waals surface area contributed by atoms with E-state index in [1.807, 2.05) is 0 Å². The van der Waals surface area contributed by atoms with Gasteiger partial charge in [0.1, 0.15) is 0 Å². The molecule has 0 saturated heterocycles. The first-order valence-electron chi connectivity index (χ1n) is 5.69. The lowest BCUT2D eigenvalue weighted by Gasteiger charge is -2.34. The van der Waals surface area contributed by atoms with Crippen molar-refractivity contribution in [1.82, 2.24) is 10.2 Å². The summed E-state index contributed by atoms with van der Waals surface area (Å²) in [5.41, 5.74) is 0. The fourth-order valence-electron chi connectivity index (χ4n) is 2.02. The second kappa shape index (κ2) is 6.08. The molecule has 4 nitrogen and oxygen atoms in total. The molecule has 0 aromatic rings. The van der Waals surface area contributed by atoms with E-state index in [0.717, 1.165) is 32.4 Å². The van der Waals surface area contributed by atoms with Crippen LogP contribution in [0.1, 0.15) is 25.7 Å². The molecule has 15 heavy (non-hydrogen) atoms. The van der Waals surface area contributed by atoms with Crippen molar-refractivity contribution in [2.45, 2.75) is 31.8 Å². The summed E-state index contributed by atoms with van der Waals surface area (Å²) < 4.78 is 0. The van der Waals surface area contributed by atoms with Gasteiger partial charge in [-0.3, -0.25) is 4.79 Å². The molecule has 88 valence electrons. The fourth-order valence-corrected chi connectivity index (χ4v) is 2.02. The second-order valence-corrected chi connectivity index (χ2v) is 4.53. The highest BCUT2D eigenvalue weighted by atomic mass is 16.3. The predicted molar refractivity (Wildman–Crippen MR) is 59.5 cm³/mol. The largest absolute Gasteiger partial charge is 0.393 e. The zero-order valence-electron chi connectivity index (χ0n) is 9.70. The molecule has 1 rings (SSSR count). The molecule has 0 aromatic carbocycles. The normalized spacial score (nSPS) is 25.1. The van der Waals surface area contributed by atoms with Crippen molar-refractivity contribution in [1.29, 1.82) is 0 Å². The standard InChI is InChI=1S/C11H22N2O2/c1-12-11(15)4-3-5-13(2)8-9-6-10(14)7-9/h9-10,14H,3-8H2,1-2H3,(H,12,15). The van der Waals surface area contributed by atoms with Gasteiger partial charge >= 0.3 is 0 Å². The van der Waals surface area contributed by atoms with Gasteiger partial charge in [0.25, 0.3) is 0 Å². The number of aliphatic hydroxyl groups is 1. The first-order valence-corrected chi connectivity index (χ1v) is 5.69.